The first-order chi connectivity index (χ1) is 12.2. The number of methoxy groups -OCH3 is 1. The molecule has 3 aromatic carbocycles. The first-order valence-electron chi connectivity index (χ1n) is 8.36. The van der Waals surface area contributed by atoms with Crippen LogP contribution in [0.1, 0.15) is 23.1 Å². The van der Waals surface area contributed by atoms with Gasteiger partial charge in [0, 0.05) is 12.0 Å². The van der Waals surface area contributed by atoms with E-state index in [0.29, 0.717) is 6.42 Å². The highest BCUT2D eigenvalue weighted by molar-refractivity contribution is 5.55. The van der Waals surface area contributed by atoms with Gasteiger partial charge >= 0.3 is 0 Å². The normalized spacial score (nSPS) is 12.6. The Balaban J connectivity index is 2.37. The lowest BCUT2D eigenvalue weighted by Crippen LogP contribution is -2.37. The van der Waals surface area contributed by atoms with Gasteiger partial charge in [-0.05, 0) is 17.2 Å². The van der Waals surface area contributed by atoms with Crippen molar-refractivity contribution in [2.24, 2.45) is 5.73 Å². The third-order valence-corrected chi connectivity index (χ3v) is 4.62. The van der Waals surface area contributed by atoms with Gasteiger partial charge in [-0.2, -0.15) is 0 Å². The quantitative estimate of drug-likeness (QED) is 0.534. The number of para-hydroxylation sites is 1. The van der Waals surface area contributed by atoms with E-state index >= 15 is 0 Å². The van der Waals surface area contributed by atoms with E-state index < -0.39 is 11.6 Å². The van der Waals surface area contributed by atoms with E-state index in [2.05, 4.69) is 24.3 Å². The smallest absolute Gasteiger partial charge is 0.123 e. The maximum atomic E-state index is 10.2. The fourth-order valence-electron chi connectivity index (χ4n) is 3.58. The molecule has 3 nitrogen and oxygen atoms in total. The van der Waals surface area contributed by atoms with Crippen molar-refractivity contribution in [2.45, 2.75) is 18.1 Å². The molecule has 0 aliphatic rings. The summed E-state index contributed by atoms with van der Waals surface area (Å²) in [5.41, 5.74) is 8.40. The largest absolute Gasteiger partial charge is 0.496 e. The molecule has 0 amide bonds. The van der Waals surface area contributed by atoms with Gasteiger partial charge in [-0.15, -0.1) is 0 Å². The average molecular weight is 333 g/mol. The van der Waals surface area contributed by atoms with Crippen LogP contribution >= 0.6 is 0 Å². The van der Waals surface area contributed by atoms with Crippen LogP contribution in [0.15, 0.2) is 84.9 Å². The van der Waals surface area contributed by atoms with Crippen LogP contribution in [0.2, 0.25) is 0 Å². The number of rotatable bonds is 6. The van der Waals surface area contributed by atoms with Gasteiger partial charge in [-0.25, -0.2) is 0 Å². The van der Waals surface area contributed by atoms with Gasteiger partial charge in [0.2, 0.25) is 0 Å². The van der Waals surface area contributed by atoms with Crippen molar-refractivity contribution in [3.63, 3.8) is 0 Å². The fourth-order valence-corrected chi connectivity index (χ4v) is 3.58. The van der Waals surface area contributed by atoms with Crippen molar-refractivity contribution in [3.05, 3.63) is 102 Å². The lowest BCUT2D eigenvalue weighted by atomic mass is 9.66. The van der Waals surface area contributed by atoms with Crippen LogP contribution in [0.5, 0.6) is 5.75 Å². The maximum Gasteiger partial charge on any atom is 0.123 e. The highest BCUT2D eigenvalue weighted by atomic mass is 16.5. The molecule has 0 spiro atoms. The van der Waals surface area contributed by atoms with Crippen molar-refractivity contribution >= 4 is 0 Å². The zero-order valence-electron chi connectivity index (χ0n) is 14.3. The Labute approximate surface area is 148 Å². The number of hydrogen-bond donors (Lipinski definition) is 2. The molecule has 0 saturated carbocycles. The minimum atomic E-state index is -0.967. The Morgan fingerprint density at radius 1 is 0.840 bits per heavy atom. The first-order valence-corrected chi connectivity index (χ1v) is 8.36. The summed E-state index contributed by atoms with van der Waals surface area (Å²) in [6.45, 7) is 0. The van der Waals surface area contributed by atoms with Gasteiger partial charge in [-0.3, -0.25) is 0 Å². The maximum absolute atomic E-state index is 10.2. The van der Waals surface area contributed by atoms with E-state index in [1.54, 1.807) is 7.11 Å². The summed E-state index contributed by atoms with van der Waals surface area (Å²) in [6.07, 6.45) is -0.619. The van der Waals surface area contributed by atoms with E-state index in [4.69, 9.17) is 10.5 Å². The Morgan fingerprint density at radius 3 is 1.80 bits per heavy atom. The Hall–Kier alpha value is -2.62. The molecule has 1 atom stereocenters. The highest BCUT2D eigenvalue weighted by Gasteiger charge is 2.39. The molecule has 3 aromatic rings. The lowest BCUT2D eigenvalue weighted by molar-refractivity contribution is 0.153. The molecule has 3 heteroatoms. The molecular weight excluding hydrogens is 310 g/mol. The van der Waals surface area contributed by atoms with Crippen LogP contribution in [0.4, 0.5) is 0 Å². The molecule has 0 aromatic heterocycles. The van der Waals surface area contributed by atoms with Crippen molar-refractivity contribution in [1.29, 1.82) is 0 Å². The summed E-state index contributed by atoms with van der Waals surface area (Å²) in [4.78, 5) is 0. The Bertz CT molecular complexity index is 761. The third-order valence-electron chi connectivity index (χ3n) is 4.62. The fraction of sp³-hybridized carbons (Fsp3) is 0.182. The second-order valence-electron chi connectivity index (χ2n) is 6.11. The van der Waals surface area contributed by atoms with Gasteiger partial charge in [0.05, 0.1) is 12.5 Å². The molecule has 0 fully saturated rings. The molecule has 0 bridgehead atoms. The minimum Gasteiger partial charge on any atom is -0.496 e. The Kier molecular flexibility index (Phi) is 5.17. The summed E-state index contributed by atoms with van der Waals surface area (Å²) in [5.74, 6) is 0.774. The van der Waals surface area contributed by atoms with Crippen molar-refractivity contribution in [1.82, 2.24) is 0 Å². The summed E-state index contributed by atoms with van der Waals surface area (Å²) in [6, 6.07) is 28.2. The predicted molar refractivity (Wildman–Crippen MR) is 101 cm³/mol. The van der Waals surface area contributed by atoms with E-state index in [-0.39, 0.29) is 0 Å². The van der Waals surface area contributed by atoms with Crippen molar-refractivity contribution < 1.29 is 9.84 Å². The van der Waals surface area contributed by atoms with Gasteiger partial charge in [-0.1, -0.05) is 78.9 Å². The molecule has 25 heavy (non-hydrogen) atoms. The second kappa shape index (κ2) is 7.51. The minimum absolute atomic E-state index is 0.349. The number of aliphatic hydroxyl groups is 1. The van der Waals surface area contributed by atoms with Crippen LogP contribution in [0.25, 0.3) is 0 Å². The number of aliphatic hydroxyl groups excluding tert-OH is 1. The molecule has 128 valence electrons. The van der Waals surface area contributed by atoms with Gasteiger partial charge in [0.1, 0.15) is 12.0 Å². The zero-order valence-corrected chi connectivity index (χ0v) is 14.3. The zero-order chi connectivity index (χ0) is 17.7. The second-order valence-corrected chi connectivity index (χ2v) is 6.11. The molecule has 3 rings (SSSR count). The van der Waals surface area contributed by atoms with Gasteiger partial charge in [0.25, 0.3) is 0 Å². The molecule has 0 radical (unpaired) electrons. The predicted octanol–water partition coefficient (Wildman–Crippen LogP) is 3.70. The molecule has 0 heterocycles. The van der Waals surface area contributed by atoms with Crippen LogP contribution in [-0.4, -0.2) is 18.4 Å². The molecule has 0 aliphatic carbocycles. The average Bonchev–Trinajstić information content (AvgIpc) is 2.67. The summed E-state index contributed by atoms with van der Waals surface area (Å²) < 4.78 is 5.65. The van der Waals surface area contributed by atoms with Crippen LogP contribution < -0.4 is 10.5 Å². The van der Waals surface area contributed by atoms with Gasteiger partial charge < -0.3 is 15.6 Å². The third kappa shape index (κ3) is 3.29. The van der Waals surface area contributed by atoms with E-state index in [1.807, 2.05) is 60.7 Å². The number of hydrogen-bond acceptors (Lipinski definition) is 3. The molecule has 0 saturated heterocycles. The van der Waals surface area contributed by atoms with E-state index in [1.165, 1.54) is 0 Å². The van der Waals surface area contributed by atoms with Gasteiger partial charge in [0.15, 0.2) is 0 Å². The van der Waals surface area contributed by atoms with Crippen LogP contribution in [-0.2, 0) is 5.41 Å². The van der Waals surface area contributed by atoms with Crippen LogP contribution in [0, 0.1) is 0 Å². The van der Waals surface area contributed by atoms with E-state index in [9.17, 15) is 5.11 Å². The number of ether oxygens (including phenoxy) is 1. The first kappa shape index (κ1) is 17.2. The standard InChI is InChI=1S/C22H23NO2/c1-25-20-15-9-8-14-19(20)22(16-21(23)24,17-10-4-2-5-11-17)18-12-6-3-7-13-18/h2-15,21,24H,16,23H2,1H3. The lowest BCUT2D eigenvalue weighted by Gasteiger charge is -2.37. The van der Waals surface area contributed by atoms with E-state index in [0.717, 1.165) is 22.4 Å². The number of nitrogens with two attached hydrogens (primary N) is 1. The summed E-state index contributed by atoms with van der Waals surface area (Å²) >= 11 is 0. The molecule has 1 unspecified atom stereocenters. The summed E-state index contributed by atoms with van der Waals surface area (Å²) in [5, 5.41) is 10.2. The number of benzene rings is 3. The topological polar surface area (TPSA) is 55.5 Å². The Morgan fingerprint density at radius 2 is 1.32 bits per heavy atom. The van der Waals surface area contributed by atoms with Crippen molar-refractivity contribution in [2.75, 3.05) is 7.11 Å². The molecule has 3 N–H and O–H groups in total. The molecular formula is C22H23NO2. The monoisotopic (exact) mass is 333 g/mol. The van der Waals surface area contributed by atoms with Crippen LogP contribution in [0.3, 0.4) is 0 Å². The summed E-state index contributed by atoms with van der Waals surface area (Å²) in [7, 11) is 1.67. The highest BCUT2D eigenvalue weighted by Crippen LogP contribution is 2.46. The van der Waals surface area contributed by atoms with Crippen molar-refractivity contribution in [3.8, 4) is 5.75 Å². The SMILES string of the molecule is COc1ccccc1C(CC(N)O)(c1ccccc1)c1ccccc1. The molecule has 0 aliphatic heterocycles.